The summed E-state index contributed by atoms with van der Waals surface area (Å²) in [6.07, 6.45) is -0.727. The summed E-state index contributed by atoms with van der Waals surface area (Å²) in [5, 5.41) is 21.7. The molecule has 6 nitrogen and oxygen atoms in total. The Morgan fingerprint density at radius 3 is 1.59 bits per heavy atom. The summed E-state index contributed by atoms with van der Waals surface area (Å²) in [6, 6.07) is 31.6. The molecule has 2 atom stereocenters. The minimum Gasteiger partial charge on any atom is -0.491 e. The first-order valence-corrected chi connectivity index (χ1v) is 13.3. The maximum absolute atomic E-state index is 10.8. The van der Waals surface area contributed by atoms with Crippen molar-refractivity contribution in [3.05, 3.63) is 119 Å². The van der Waals surface area contributed by atoms with E-state index in [2.05, 4.69) is 12.1 Å². The van der Waals surface area contributed by atoms with Gasteiger partial charge in [0.25, 0.3) is 0 Å². The molecule has 0 aromatic heterocycles. The van der Waals surface area contributed by atoms with Crippen LogP contribution in [0.3, 0.4) is 0 Å². The Labute approximate surface area is 231 Å². The SMILES string of the molecule is Cc1cccc(OCC(O)CN(CC(O)COc2cccc(C)c2)c2ccc(Cc3ccc(N)cc3)cc2)c1. The molecule has 0 fully saturated rings. The number of aliphatic hydroxyl groups is 2. The maximum atomic E-state index is 10.8. The normalized spacial score (nSPS) is 12.5. The number of rotatable bonds is 13. The van der Waals surface area contributed by atoms with Crippen molar-refractivity contribution in [2.24, 2.45) is 0 Å². The number of hydrogen-bond acceptors (Lipinski definition) is 6. The van der Waals surface area contributed by atoms with Crippen LogP contribution in [0.25, 0.3) is 0 Å². The van der Waals surface area contributed by atoms with E-state index in [-0.39, 0.29) is 13.2 Å². The van der Waals surface area contributed by atoms with Gasteiger partial charge in [0.2, 0.25) is 0 Å². The highest BCUT2D eigenvalue weighted by molar-refractivity contribution is 5.49. The molecule has 4 aromatic rings. The largest absolute Gasteiger partial charge is 0.491 e. The van der Waals surface area contributed by atoms with Gasteiger partial charge >= 0.3 is 0 Å². The third-order valence-electron chi connectivity index (χ3n) is 6.42. The third-order valence-corrected chi connectivity index (χ3v) is 6.42. The molecular weight excluding hydrogens is 488 g/mol. The van der Waals surface area contributed by atoms with Crippen LogP contribution in [0.5, 0.6) is 11.5 Å². The summed E-state index contributed by atoms with van der Waals surface area (Å²) in [5.41, 5.74) is 12.0. The molecule has 39 heavy (non-hydrogen) atoms. The van der Waals surface area contributed by atoms with Crippen molar-refractivity contribution in [3.63, 3.8) is 0 Å². The first kappa shape index (κ1) is 28.0. The van der Waals surface area contributed by atoms with Crippen LogP contribution >= 0.6 is 0 Å². The van der Waals surface area contributed by atoms with E-state index >= 15 is 0 Å². The number of nitrogen functional groups attached to an aromatic ring is 1. The van der Waals surface area contributed by atoms with Crippen LogP contribution in [0.1, 0.15) is 22.3 Å². The molecule has 0 amide bonds. The molecule has 0 aliphatic rings. The van der Waals surface area contributed by atoms with Gasteiger partial charge in [0.15, 0.2) is 0 Å². The number of aliphatic hydroxyl groups excluding tert-OH is 2. The smallest absolute Gasteiger partial charge is 0.119 e. The summed E-state index contributed by atoms with van der Waals surface area (Å²) in [4.78, 5) is 1.97. The first-order chi connectivity index (χ1) is 18.8. The van der Waals surface area contributed by atoms with E-state index in [9.17, 15) is 10.2 Å². The molecule has 0 aliphatic carbocycles. The zero-order valence-corrected chi connectivity index (χ0v) is 22.7. The van der Waals surface area contributed by atoms with Crippen LogP contribution in [0.4, 0.5) is 11.4 Å². The maximum Gasteiger partial charge on any atom is 0.119 e. The van der Waals surface area contributed by atoms with Gasteiger partial charge < -0.3 is 30.3 Å². The fraction of sp³-hybridized carbons (Fsp3) is 0.273. The van der Waals surface area contributed by atoms with E-state index in [0.29, 0.717) is 13.1 Å². The quantitative estimate of drug-likeness (QED) is 0.209. The molecule has 2 unspecified atom stereocenters. The van der Waals surface area contributed by atoms with Crippen LogP contribution in [0.2, 0.25) is 0 Å². The topological polar surface area (TPSA) is 88.2 Å². The molecule has 0 heterocycles. The van der Waals surface area contributed by atoms with Gasteiger partial charge in [-0.1, -0.05) is 48.5 Å². The standard InChI is InChI=1S/C33H38N2O4/c1-24-5-3-7-32(17-24)38-22-30(36)20-35(21-31(37)23-39-33-8-4-6-25(2)18-33)29-15-11-27(12-16-29)19-26-9-13-28(34)14-10-26/h3-18,30-31,36-37H,19-23,34H2,1-2H3. The fourth-order valence-corrected chi connectivity index (χ4v) is 4.39. The number of aryl methyl sites for hydroxylation is 2. The molecule has 0 spiro atoms. The highest BCUT2D eigenvalue weighted by Gasteiger charge is 2.18. The van der Waals surface area contributed by atoms with Crippen molar-refractivity contribution in [2.75, 3.05) is 36.9 Å². The highest BCUT2D eigenvalue weighted by atomic mass is 16.5. The van der Waals surface area contributed by atoms with Crippen LogP contribution in [-0.4, -0.2) is 48.7 Å². The number of nitrogens with zero attached hydrogens (tertiary/aromatic N) is 1. The second-order valence-electron chi connectivity index (χ2n) is 10.1. The lowest BCUT2D eigenvalue weighted by atomic mass is 10.0. The van der Waals surface area contributed by atoms with Crippen molar-refractivity contribution < 1.29 is 19.7 Å². The second kappa shape index (κ2) is 13.7. The van der Waals surface area contributed by atoms with Gasteiger partial charge in [0.1, 0.15) is 36.9 Å². The number of benzene rings is 4. The Morgan fingerprint density at radius 1 is 0.667 bits per heavy atom. The van der Waals surface area contributed by atoms with Crippen molar-refractivity contribution >= 4 is 11.4 Å². The molecule has 0 bridgehead atoms. The van der Waals surface area contributed by atoms with Gasteiger partial charge in [-0.15, -0.1) is 0 Å². The van der Waals surface area contributed by atoms with E-state index in [1.54, 1.807) is 0 Å². The Morgan fingerprint density at radius 2 is 1.13 bits per heavy atom. The average molecular weight is 527 g/mol. The summed E-state index contributed by atoms with van der Waals surface area (Å²) in [6.45, 7) is 4.88. The van der Waals surface area contributed by atoms with Gasteiger partial charge in [0, 0.05) is 24.5 Å². The highest BCUT2D eigenvalue weighted by Crippen LogP contribution is 2.20. The van der Waals surface area contributed by atoms with Crippen LogP contribution in [0.15, 0.2) is 97.1 Å². The molecule has 204 valence electrons. The van der Waals surface area contributed by atoms with Crippen molar-refractivity contribution in [1.29, 1.82) is 0 Å². The lowest BCUT2D eigenvalue weighted by molar-refractivity contribution is 0.0954. The average Bonchev–Trinajstić information content (AvgIpc) is 2.92. The summed E-state index contributed by atoms with van der Waals surface area (Å²) in [5.74, 6) is 1.44. The van der Waals surface area contributed by atoms with Crippen LogP contribution in [0, 0.1) is 13.8 Å². The molecule has 0 aliphatic heterocycles. The predicted octanol–water partition coefficient (Wildman–Crippen LogP) is 5.16. The zero-order valence-electron chi connectivity index (χ0n) is 22.7. The third kappa shape index (κ3) is 9.06. The zero-order chi connectivity index (χ0) is 27.6. The first-order valence-electron chi connectivity index (χ1n) is 13.3. The fourth-order valence-electron chi connectivity index (χ4n) is 4.39. The Hall–Kier alpha value is -4.00. The molecule has 4 aromatic carbocycles. The second-order valence-corrected chi connectivity index (χ2v) is 10.1. The van der Waals surface area contributed by atoms with Gasteiger partial charge in [-0.25, -0.2) is 0 Å². The van der Waals surface area contributed by atoms with Gasteiger partial charge in [-0.05, 0) is 91.1 Å². The van der Waals surface area contributed by atoms with Crippen LogP contribution in [-0.2, 0) is 6.42 Å². The Kier molecular flexibility index (Phi) is 9.84. The van der Waals surface area contributed by atoms with E-state index in [4.69, 9.17) is 15.2 Å². The summed E-state index contributed by atoms with van der Waals surface area (Å²) in [7, 11) is 0. The molecule has 4 N–H and O–H groups in total. The van der Waals surface area contributed by atoms with Crippen molar-refractivity contribution in [1.82, 2.24) is 0 Å². The number of anilines is 2. The number of nitrogens with two attached hydrogens (primary N) is 1. The summed E-state index contributed by atoms with van der Waals surface area (Å²) >= 11 is 0. The monoisotopic (exact) mass is 526 g/mol. The number of ether oxygens (including phenoxy) is 2. The van der Waals surface area contributed by atoms with Crippen molar-refractivity contribution in [3.8, 4) is 11.5 Å². The minimum atomic E-state index is -0.759. The van der Waals surface area contributed by atoms with E-state index < -0.39 is 12.2 Å². The molecule has 6 heteroatoms. The van der Waals surface area contributed by atoms with Gasteiger partial charge in [-0.3, -0.25) is 0 Å². The minimum absolute atomic E-state index is 0.144. The lowest BCUT2D eigenvalue weighted by Gasteiger charge is -2.29. The Balaban J connectivity index is 1.41. The molecular formula is C33H38N2O4. The molecule has 0 saturated carbocycles. The lowest BCUT2D eigenvalue weighted by Crippen LogP contribution is -2.41. The molecule has 4 rings (SSSR count). The molecule has 0 radical (unpaired) electrons. The summed E-state index contributed by atoms with van der Waals surface area (Å²) < 4.78 is 11.7. The van der Waals surface area contributed by atoms with E-state index in [1.165, 1.54) is 5.56 Å². The van der Waals surface area contributed by atoms with Gasteiger partial charge in [-0.2, -0.15) is 0 Å². The van der Waals surface area contributed by atoms with Gasteiger partial charge in [0.05, 0.1) is 0 Å². The molecule has 0 saturated heterocycles. The van der Waals surface area contributed by atoms with Crippen molar-refractivity contribution in [2.45, 2.75) is 32.5 Å². The van der Waals surface area contributed by atoms with E-state index in [0.717, 1.165) is 46.0 Å². The van der Waals surface area contributed by atoms with E-state index in [1.807, 2.05) is 104 Å². The number of hydrogen-bond donors (Lipinski definition) is 3. The van der Waals surface area contributed by atoms with Crippen LogP contribution < -0.4 is 20.1 Å². The Bertz CT molecular complexity index is 1250. The predicted molar refractivity (Wildman–Crippen MR) is 158 cm³/mol.